The Kier molecular flexibility index (Phi) is 5.39. The maximum Gasteiger partial charge on any atom is 0.673 e. The molecular formula is C8H13BF4S2. The minimum Gasteiger partial charge on any atom is -0.418 e. The highest BCUT2D eigenvalue weighted by Gasteiger charge is 2.33. The van der Waals surface area contributed by atoms with Crippen LogP contribution in [0, 0.1) is 0 Å². The van der Waals surface area contributed by atoms with Gasteiger partial charge in [-0.1, -0.05) is 6.08 Å². The molecule has 2 rings (SSSR count). The fourth-order valence-corrected chi connectivity index (χ4v) is 5.99. The molecule has 0 radical (unpaired) electrons. The van der Waals surface area contributed by atoms with E-state index in [1.54, 1.807) is 0 Å². The molecule has 0 bridgehead atoms. The summed E-state index contributed by atoms with van der Waals surface area (Å²) in [5.74, 6) is 4.32. The van der Waals surface area contributed by atoms with Crippen molar-refractivity contribution in [2.75, 3.05) is 17.3 Å². The van der Waals surface area contributed by atoms with Crippen LogP contribution in [0.1, 0.15) is 12.8 Å². The predicted molar refractivity (Wildman–Crippen MR) is 61.9 cm³/mol. The molecule has 2 aliphatic heterocycles. The molecule has 0 saturated carbocycles. The van der Waals surface area contributed by atoms with Gasteiger partial charge in [-0.05, 0) is 6.08 Å². The van der Waals surface area contributed by atoms with E-state index in [1.807, 2.05) is 0 Å². The maximum atomic E-state index is 9.75. The van der Waals surface area contributed by atoms with Crippen LogP contribution >= 0.6 is 11.8 Å². The van der Waals surface area contributed by atoms with Crippen LogP contribution in [-0.4, -0.2) is 29.1 Å². The lowest BCUT2D eigenvalue weighted by molar-refractivity contribution is 0.368. The number of allylic oxidation sites excluding steroid dienone is 1. The summed E-state index contributed by atoms with van der Waals surface area (Å²) in [6.45, 7) is 0. The highest BCUT2D eigenvalue weighted by Crippen LogP contribution is 2.32. The third kappa shape index (κ3) is 6.40. The van der Waals surface area contributed by atoms with Crippen LogP contribution in [0.5, 0.6) is 0 Å². The highest BCUT2D eigenvalue weighted by atomic mass is 32.2. The van der Waals surface area contributed by atoms with Gasteiger partial charge in [-0.15, -0.1) is 11.8 Å². The average molecular weight is 260 g/mol. The Morgan fingerprint density at radius 3 is 2.47 bits per heavy atom. The van der Waals surface area contributed by atoms with E-state index in [9.17, 15) is 17.3 Å². The molecule has 88 valence electrons. The maximum absolute atomic E-state index is 9.75. The summed E-state index contributed by atoms with van der Waals surface area (Å²) >= 11 is 2.21. The second kappa shape index (κ2) is 6.08. The zero-order valence-electron chi connectivity index (χ0n) is 8.17. The Morgan fingerprint density at radius 2 is 1.87 bits per heavy atom. The summed E-state index contributed by atoms with van der Waals surface area (Å²) < 4.78 is 40.0. The van der Waals surface area contributed by atoms with Crippen molar-refractivity contribution in [2.24, 2.45) is 0 Å². The largest absolute Gasteiger partial charge is 0.673 e. The normalized spacial score (nSPS) is 30.1. The van der Waals surface area contributed by atoms with Crippen LogP contribution in [0.25, 0.3) is 0 Å². The van der Waals surface area contributed by atoms with Crippen molar-refractivity contribution in [3.05, 3.63) is 12.2 Å². The lowest BCUT2D eigenvalue weighted by Gasteiger charge is -2.23. The molecule has 1 fully saturated rings. The van der Waals surface area contributed by atoms with Crippen LogP contribution < -0.4 is 0 Å². The molecule has 0 aromatic heterocycles. The first-order valence-electron chi connectivity index (χ1n) is 4.77. The summed E-state index contributed by atoms with van der Waals surface area (Å²) in [6.07, 6.45) is 7.57. The van der Waals surface area contributed by atoms with E-state index in [2.05, 4.69) is 23.9 Å². The minimum absolute atomic E-state index is 0.774. The predicted octanol–water partition coefficient (Wildman–Crippen LogP) is 3.33. The van der Waals surface area contributed by atoms with Crippen LogP contribution in [0.2, 0.25) is 0 Å². The molecule has 1 saturated heterocycles. The molecule has 0 aliphatic carbocycles. The van der Waals surface area contributed by atoms with E-state index in [0.717, 1.165) is 15.5 Å². The Balaban J connectivity index is 0.000000195. The van der Waals surface area contributed by atoms with Crippen LogP contribution in [-0.2, 0) is 10.9 Å². The zero-order chi connectivity index (χ0) is 11.3. The Labute approximate surface area is 94.3 Å². The van der Waals surface area contributed by atoms with Crippen molar-refractivity contribution in [1.29, 1.82) is 0 Å². The van der Waals surface area contributed by atoms with E-state index in [4.69, 9.17) is 0 Å². The highest BCUT2D eigenvalue weighted by molar-refractivity contribution is 8.16. The summed E-state index contributed by atoms with van der Waals surface area (Å²) in [7, 11) is -5.23. The van der Waals surface area contributed by atoms with Crippen molar-refractivity contribution in [2.45, 2.75) is 17.4 Å². The van der Waals surface area contributed by atoms with Gasteiger partial charge in [0.25, 0.3) is 0 Å². The van der Waals surface area contributed by atoms with Gasteiger partial charge in [0.15, 0.2) is 4.58 Å². The Bertz CT molecular complexity index is 197. The molecule has 2 aliphatic rings. The molecule has 0 N–H and O–H groups in total. The summed E-state index contributed by atoms with van der Waals surface area (Å²) in [4.78, 5) is 0. The van der Waals surface area contributed by atoms with E-state index < -0.39 is 7.25 Å². The van der Waals surface area contributed by atoms with Gasteiger partial charge < -0.3 is 17.3 Å². The van der Waals surface area contributed by atoms with Crippen molar-refractivity contribution < 1.29 is 17.3 Å². The fourth-order valence-electron chi connectivity index (χ4n) is 1.48. The molecule has 2 unspecified atom stereocenters. The first-order valence-corrected chi connectivity index (χ1v) is 7.44. The summed E-state index contributed by atoms with van der Waals surface area (Å²) in [6, 6.07) is 0. The fraction of sp³-hybridized carbons (Fsp3) is 0.750. The number of hydrogen-bond acceptors (Lipinski definition) is 1. The van der Waals surface area contributed by atoms with Crippen LogP contribution in [0.3, 0.4) is 0 Å². The van der Waals surface area contributed by atoms with Gasteiger partial charge in [0, 0.05) is 29.5 Å². The summed E-state index contributed by atoms with van der Waals surface area (Å²) in [5.41, 5.74) is 0. The molecule has 7 heteroatoms. The van der Waals surface area contributed by atoms with E-state index in [-0.39, 0.29) is 0 Å². The molecule has 0 nitrogen and oxygen atoms in total. The third-order valence-electron chi connectivity index (χ3n) is 2.03. The summed E-state index contributed by atoms with van der Waals surface area (Å²) in [5, 5.41) is 0. The van der Waals surface area contributed by atoms with Crippen molar-refractivity contribution in [1.82, 2.24) is 0 Å². The molecule has 2 heterocycles. The molecule has 0 aromatic rings. The van der Waals surface area contributed by atoms with E-state index in [0.29, 0.717) is 0 Å². The number of rotatable bonds is 0. The Morgan fingerprint density at radius 1 is 1.20 bits per heavy atom. The molecule has 2 atom stereocenters. The molecular weight excluding hydrogens is 247 g/mol. The number of hydrogen-bond donors (Lipinski definition) is 0. The van der Waals surface area contributed by atoms with Crippen molar-refractivity contribution in [3.63, 3.8) is 0 Å². The average Bonchev–Trinajstić information content (AvgIpc) is 2.16. The minimum atomic E-state index is -6.00. The zero-order valence-corrected chi connectivity index (χ0v) is 9.81. The quantitative estimate of drug-likeness (QED) is 0.278. The Hall–Kier alpha value is 0.225. The molecule has 0 amide bonds. The van der Waals surface area contributed by atoms with Crippen molar-refractivity contribution in [3.8, 4) is 0 Å². The topological polar surface area (TPSA) is 0 Å². The second-order valence-corrected chi connectivity index (χ2v) is 7.26. The lowest BCUT2D eigenvalue weighted by Crippen LogP contribution is -2.30. The van der Waals surface area contributed by atoms with Gasteiger partial charge in [0.05, 0.1) is 0 Å². The first kappa shape index (κ1) is 13.3. The molecule has 15 heavy (non-hydrogen) atoms. The monoisotopic (exact) mass is 260 g/mol. The molecule has 0 aromatic carbocycles. The van der Waals surface area contributed by atoms with Crippen LogP contribution in [0.15, 0.2) is 12.2 Å². The molecule has 0 spiro atoms. The smallest absolute Gasteiger partial charge is 0.418 e. The van der Waals surface area contributed by atoms with Gasteiger partial charge in [-0.3, -0.25) is 0 Å². The SMILES string of the molecule is C1=CC[S+]2CCCSC2C1.F[B-](F)(F)F. The van der Waals surface area contributed by atoms with Gasteiger partial charge in [0.2, 0.25) is 0 Å². The second-order valence-electron chi connectivity index (χ2n) is 3.26. The standard InChI is InChI=1S/C8H13S2.BF4/c1-2-6-10-7-3-5-9-8(10)4-1;2-1(3,4)5/h1-2,8H,3-7H2;/q+1;-1. The number of thioether (sulfide) groups is 1. The lowest BCUT2D eigenvalue weighted by atomic mass is 10.3. The van der Waals surface area contributed by atoms with Crippen molar-refractivity contribution >= 4 is 29.9 Å². The number of fused-ring (bicyclic) bond motifs is 1. The van der Waals surface area contributed by atoms with Gasteiger partial charge in [0.1, 0.15) is 11.5 Å². The number of halogens is 4. The van der Waals surface area contributed by atoms with E-state index in [1.165, 1.54) is 30.1 Å². The van der Waals surface area contributed by atoms with E-state index >= 15 is 0 Å². The first-order chi connectivity index (χ1) is 6.97. The van der Waals surface area contributed by atoms with Gasteiger partial charge in [-0.2, -0.15) is 0 Å². The van der Waals surface area contributed by atoms with Crippen LogP contribution in [0.4, 0.5) is 17.3 Å². The van der Waals surface area contributed by atoms with Gasteiger partial charge in [-0.25, -0.2) is 0 Å². The third-order valence-corrected chi connectivity index (χ3v) is 6.71. The van der Waals surface area contributed by atoms with Gasteiger partial charge >= 0.3 is 7.25 Å².